The van der Waals surface area contributed by atoms with Crippen LogP contribution < -0.4 is 4.90 Å². The van der Waals surface area contributed by atoms with Crippen molar-refractivity contribution >= 4 is 45.9 Å². The van der Waals surface area contributed by atoms with Crippen molar-refractivity contribution in [2.24, 2.45) is 0 Å². The van der Waals surface area contributed by atoms with Gasteiger partial charge in [0, 0.05) is 41.5 Å². The summed E-state index contributed by atoms with van der Waals surface area (Å²) in [6.07, 6.45) is 1.65. The highest BCUT2D eigenvalue weighted by molar-refractivity contribution is 14.1. The van der Waals surface area contributed by atoms with Crippen LogP contribution in [0.5, 0.6) is 0 Å². The summed E-state index contributed by atoms with van der Waals surface area (Å²) in [5.74, 6) is 1.01. The first-order valence-electron chi connectivity index (χ1n) is 7.05. The van der Waals surface area contributed by atoms with Crippen LogP contribution in [0.25, 0.3) is 0 Å². The molecule has 1 aliphatic rings. The Morgan fingerprint density at radius 1 is 1.05 bits per heavy atom. The molecule has 1 saturated heterocycles. The van der Waals surface area contributed by atoms with E-state index in [-0.39, 0.29) is 5.91 Å². The Morgan fingerprint density at radius 2 is 1.73 bits per heavy atom. The van der Waals surface area contributed by atoms with E-state index in [2.05, 4.69) is 32.5 Å². The second-order valence-electron chi connectivity index (χ2n) is 5.12. The molecule has 1 aliphatic heterocycles. The first kappa shape index (κ1) is 15.6. The molecule has 0 N–H and O–H groups in total. The molecule has 0 saturated carbocycles. The van der Waals surface area contributed by atoms with Gasteiger partial charge < -0.3 is 9.80 Å². The molecule has 2 aromatic rings. The molecule has 0 atom stereocenters. The summed E-state index contributed by atoms with van der Waals surface area (Å²) in [7, 11) is 0. The monoisotopic (exact) mass is 427 g/mol. The van der Waals surface area contributed by atoms with Crippen molar-refractivity contribution in [3.63, 3.8) is 0 Å². The highest BCUT2D eigenvalue weighted by Gasteiger charge is 2.22. The van der Waals surface area contributed by atoms with E-state index in [9.17, 15) is 4.79 Å². The summed E-state index contributed by atoms with van der Waals surface area (Å²) in [6, 6.07) is 11.4. The largest absolute Gasteiger partial charge is 0.353 e. The molecule has 6 heteroatoms. The molecule has 0 aliphatic carbocycles. The highest BCUT2D eigenvalue weighted by Crippen LogP contribution is 2.17. The van der Waals surface area contributed by atoms with E-state index in [1.54, 1.807) is 6.20 Å². The van der Waals surface area contributed by atoms with Crippen LogP contribution in [0.2, 0.25) is 5.02 Å². The number of carbonyl (C=O) groups is 1. The van der Waals surface area contributed by atoms with Crippen molar-refractivity contribution in [1.29, 1.82) is 0 Å². The Labute approximate surface area is 148 Å². The maximum Gasteiger partial charge on any atom is 0.253 e. The number of hydrogen-bond acceptors (Lipinski definition) is 3. The average molecular weight is 428 g/mol. The van der Waals surface area contributed by atoms with Crippen LogP contribution in [0, 0.1) is 3.57 Å². The second-order valence-corrected chi connectivity index (χ2v) is 6.80. The number of halogens is 2. The van der Waals surface area contributed by atoms with Crippen molar-refractivity contribution in [3.8, 4) is 0 Å². The topological polar surface area (TPSA) is 36.4 Å². The lowest BCUT2D eigenvalue weighted by molar-refractivity contribution is 0.0746. The van der Waals surface area contributed by atoms with E-state index in [1.807, 2.05) is 41.3 Å². The molecular formula is C16H15ClIN3O. The molecular weight excluding hydrogens is 413 g/mol. The molecule has 4 nitrogen and oxygen atoms in total. The minimum Gasteiger partial charge on any atom is -0.353 e. The van der Waals surface area contributed by atoms with Gasteiger partial charge in [0.2, 0.25) is 0 Å². The lowest BCUT2D eigenvalue weighted by atomic mass is 10.2. The number of rotatable bonds is 2. The maximum absolute atomic E-state index is 12.5. The molecule has 0 bridgehead atoms. The third-order valence-electron chi connectivity index (χ3n) is 3.69. The summed E-state index contributed by atoms with van der Waals surface area (Å²) in [6.45, 7) is 2.97. The molecule has 0 unspecified atom stereocenters. The molecule has 1 aromatic carbocycles. The number of piperazine rings is 1. The minimum atomic E-state index is 0.0973. The predicted octanol–water partition coefficient (Wildman–Crippen LogP) is 3.30. The van der Waals surface area contributed by atoms with Crippen LogP contribution in [-0.4, -0.2) is 42.0 Å². The van der Waals surface area contributed by atoms with Gasteiger partial charge in [0.25, 0.3) is 5.91 Å². The number of nitrogens with zero attached hydrogens (tertiary/aromatic N) is 3. The van der Waals surface area contributed by atoms with Crippen molar-refractivity contribution in [2.45, 2.75) is 0 Å². The fraction of sp³-hybridized carbons (Fsp3) is 0.250. The zero-order valence-electron chi connectivity index (χ0n) is 11.9. The van der Waals surface area contributed by atoms with Crippen LogP contribution in [0.1, 0.15) is 10.4 Å². The van der Waals surface area contributed by atoms with E-state index in [4.69, 9.17) is 11.6 Å². The summed E-state index contributed by atoms with van der Waals surface area (Å²) in [4.78, 5) is 20.9. The molecule has 22 heavy (non-hydrogen) atoms. The van der Waals surface area contributed by atoms with Gasteiger partial charge in [0.15, 0.2) is 0 Å². The highest BCUT2D eigenvalue weighted by atomic mass is 127. The SMILES string of the molecule is O=C(c1ccc(I)cc1)N1CCN(c2ccc(Cl)cn2)CC1. The lowest BCUT2D eigenvalue weighted by Crippen LogP contribution is -2.49. The van der Waals surface area contributed by atoms with Crippen LogP contribution in [0.4, 0.5) is 5.82 Å². The zero-order chi connectivity index (χ0) is 15.5. The molecule has 3 rings (SSSR count). The van der Waals surface area contributed by atoms with Gasteiger partial charge in [-0.2, -0.15) is 0 Å². The second kappa shape index (κ2) is 6.83. The summed E-state index contributed by atoms with van der Waals surface area (Å²) >= 11 is 8.10. The molecule has 1 aromatic heterocycles. The smallest absolute Gasteiger partial charge is 0.253 e. The van der Waals surface area contributed by atoms with Gasteiger partial charge in [-0.15, -0.1) is 0 Å². The maximum atomic E-state index is 12.5. The van der Waals surface area contributed by atoms with Gasteiger partial charge in [-0.05, 0) is 59.0 Å². The number of carbonyl (C=O) groups excluding carboxylic acids is 1. The summed E-state index contributed by atoms with van der Waals surface area (Å²) in [5.41, 5.74) is 0.749. The van der Waals surface area contributed by atoms with Crippen molar-refractivity contribution in [3.05, 3.63) is 56.8 Å². The van der Waals surface area contributed by atoms with Gasteiger partial charge in [-0.1, -0.05) is 11.6 Å². The normalized spacial score (nSPS) is 15.0. The number of pyridine rings is 1. The van der Waals surface area contributed by atoms with Crippen LogP contribution in [0.3, 0.4) is 0 Å². The van der Waals surface area contributed by atoms with E-state index in [0.29, 0.717) is 18.1 Å². The van der Waals surface area contributed by atoms with Crippen molar-refractivity contribution in [2.75, 3.05) is 31.1 Å². The fourth-order valence-electron chi connectivity index (χ4n) is 2.47. The van der Waals surface area contributed by atoms with Crippen LogP contribution in [0.15, 0.2) is 42.6 Å². The Balaban J connectivity index is 1.62. The van der Waals surface area contributed by atoms with E-state index >= 15 is 0 Å². The molecule has 0 radical (unpaired) electrons. The van der Waals surface area contributed by atoms with Gasteiger partial charge >= 0.3 is 0 Å². The van der Waals surface area contributed by atoms with Crippen LogP contribution in [-0.2, 0) is 0 Å². The Bertz CT molecular complexity index is 652. The molecule has 2 heterocycles. The van der Waals surface area contributed by atoms with Crippen molar-refractivity contribution in [1.82, 2.24) is 9.88 Å². The number of benzene rings is 1. The van der Waals surface area contributed by atoms with E-state index < -0.39 is 0 Å². The van der Waals surface area contributed by atoms with Crippen molar-refractivity contribution < 1.29 is 4.79 Å². The summed E-state index contributed by atoms with van der Waals surface area (Å²) in [5, 5.41) is 0.635. The Hall–Kier alpha value is -1.34. The van der Waals surface area contributed by atoms with Gasteiger partial charge in [0.05, 0.1) is 5.02 Å². The van der Waals surface area contributed by atoms with Gasteiger partial charge in [0.1, 0.15) is 5.82 Å². The summed E-state index contributed by atoms with van der Waals surface area (Å²) < 4.78 is 1.13. The number of amides is 1. The number of anilines is 1. The number of aromatic nitrogens is 1. The average Bonchev–Trinajstić information content (AvgIpc) is 2.56. The Morgan fingerprint density at radius 3 is 2.32 bits per heavy atom. The zero-order valence-corrected chi connectivity index (χ0v) is 14.8. The first-order chi connectivity index (χ1) is 10.6. The van der Waals surface area contributed by atoms with Gasteiger partial charge in [-0.25, -0.2) is 4.98 Å². The number of hydrogen-bond donors (Lipinski definition) is 0. The molecule has 1 fully saturated rings. The lowest BCUT2D eigenvalue weighted by Gasteiger charge is -2.35. The Kier molecular flexibility index (Phi) is 4.83. The quantitative estimate of drug-likeness (QED) is 0.690. The predicted molar refractivity (Wildman–Crippen MR) is 96.5 cm³/mol. The van der Waals surface area contributed by atoms with E-state index in [0.717, 1.165) is 28.0 Å². The molecule has 0 spiro atoms. The molecule has 114 valence electrons. The van der Waals surface area contributed by atoms with Gasteiger partial charge in [-0.3, -0.25) is 4.79 Å². The standard InChI is InChI=1S/C16H15ClIN3O/c17-13-3-6-15(19-11-13)20-7-9-21(10-8-20)16(22)12-1-4-14(18)5-2-12/h1-6,11H,7-10H2. The third kappa shape index (κ3) is 3.52. The fourth-order valence-corrected chi connectivity index (χ4v) is 2.94. The first-order valence-corrected chi connectivity index (χ1v) is 8.50. The molecule has 1 amide bonds. The minimum absolute atomic E-state index is 0.0973. The third-order valence-corrected chi connectivity index (χ3v) is 4.64. The van der Waals surface area contributed by atoms with E-state index in [1.165, 1.54) is 0 Å². The van der Waals surface area contributed by atoms with Crippen LogP contribution >= 0.6 is 34.2 Å².